The van der Waals surface area contributed by atoms with Gasteiger partial charge in [0.2, 0.25) is 5.95 Å². The molecule has 0 bridgehead atoms. The first-order chi connectivity index (χ1) is 13.2. The van der Waals surface area contributed by atoms with Gasteiger partial charge in [0, 0.05) is 25.9 Å². The molecule has 1 aliphatic rings. The number of anilines is 1. The number of hydrogen-bond donors (Lipinski definition) is 2. The Balaban J connectivity index is 1.57. The van der Waals surface area contributed by atoms with E-state index in [0.29, 0.717) is 36.2 Å². The van der Waals surface area contributed by atoms with Crippen molar-refractivity contribution in [2.75, 3.05) is 32.7 Å². The largest absolute Gasteiger partial charge is 0.493 e. The zero-order valence-electron chi connectivity index (χ0n) is 15.5. The van der Waals surface area contributed by atoms with E-state index in [9.17, 15) is 4.79 Å². The average molecular weight is 372 g/mol. The maximum Gasteiger partial charge on any atom is 0.270 e. The number of nitrogens with zero attached hydrogens (tertiary/aromatic N) is 2. The standard InChI is InChI=1S/C19H24N4O4/c1-25-16-6-5-13(10-17(16)26-2)11-22-19-20-8-7-15(23-19)18(24)21-12-14-4-3-9-27-14/h5-8,10,14H,3-4,9,11-12H2,1-2H3,(H,21,24)(H,20,22,23). The number of rotatable bonds is 8. The van der Waals surface area contributed by atoms with Crippen molar-refractivity contribution in [3.05, 3.63) is 41.7 Å². The van der Waals surface area contributed by atoms with E-state index in [0.717, 1.165) is 25.0 Å². The van der Waals surface area contributed by atoms with E-state index >= 15 is 0 Å². The van der Waals surface area contributed by atoms with Gasteiger partial charge in [0.25, 0.3) is 5.91 Å². The normalized spacial score (nSPS) is 16.0. The minimum Gasteiger partial charge on any atom is -0.493 e. The Morgan fingerprint density at radius 2 is 2.11 bits per heavy atom. The summed E-state index contributed by atoms with van der Waals surface area (Å²) in [5.41, 5.74) is 1.29. The third kappa shape index (κ3) is 5.07. The monoisotopic (exact) mass is 372 g/mol. The summed E-state index contributed by atoms with van der Waals surface area (Å²) < 4.78 is 16.0. The number of carbonyl (C=O) groups excluding carboxylic acids is 1. The second-order valence-corrected chi connectivity index (χ2v) is 6.15. The van der Waals surface area contributed by atoms with Crippen LogP contribution in [0.15, 0.2) is 30.5 Å². The fourth-order valence-electron chi connectivity index (χ4n) is 2.84. The molecule has 1 amide bonds. The lowest BCUT2D eigenvalue weighted by atomic mass is 10.2. The summed E-state index contributed by atoms with van der Waals surface area (Å²) in [5.74, 6) is 1.47. The maximum atomic E-state index is 12.3. The molecule has 2 aromatic rings. The number of ether oxygens (including phenoxy) is 3. The Morgan fingerprint density at radius 1 is 1.26 bits per heavy atom. The van der Waals surface area contributed by atoms with Crippen molar-refractivity contribution in [1.29, 1.82) is 0 Å². The number of hydrogen-bond acceptors (Lipinski definition) is 7. The Kier molecular flexibility index (Phi) is 6.43. The highest BCUT2D eigenvalue weighted by atomic mass is 16.5. The summed E-state index contributed by atoms with van der Waals surface area (Å²) in [7, 11) is 3.19. The van der Waals surface area contributed by atoms with Gasteiger partial charge < -0.3 is 24.8 Å². The molecule has 1 aromatic heterocycles. The number of carbonyl (C=O) groups is 1. The smallest absolute Gasteiger partial charge is 0.270 e. The third-order valence-corrected chi connectivity index (χ3v) is 4.30. The second-order valence-electron chi connectivity index (χ2n) is 6.15. The van der Waals surface area contributed by atoms with Crippen molar-refractivity contribution in [2.24, 2.45) is 0 Å². The van der Waals surface area contributed by atoms with Gasteiger partial charge in [0.15, 0.2) is 11.5 Å². The van der Waals surface area contributed by atoms with E-state index in [4.69, 9.17) is 14.2 Å². The van der Waals surface area contributed by atoms with Gasteiger partial charge in [-0.25, -0.2) is 9.97 Å². The molecule has 1 unspecified atom stereocenters. The van der Waals surface area contributed by atoms with Crippen molar-refractivity contribution >= 4 is 11.9 Å². The van der Waals surface area contributed by atoms with Crippen molar-refractivity contribution in [3.63, 3.8) is 0 Å². The van der Waals surface area contributed by atoms with Crippen LogP contribution in [0.5, 0.6) is 11.5 Å². The van der Waals surface area contributed by atoms with Gasteiger partial charge in [0.1, 0.15) is 5.69 Å². The Morgan fingerprint density at radius 3 is 2.85 bits per heavy atom. The molecule has 144 valence electrons. The highest BCUT2D eigenvalue weighted by Crippen LogP contribution is 2.27. The predicted molar refractivity (Wildman–Crippen MR) is 100 cm³/mol. The van der Waals surface area contributed by atoms with E-state index in [2.05, 4.69) is 20.6 Å². The van der Waals surface area contributed by atoms with Gasteiger partial charge in [-0.1, -0.05) is 6.07 Å². The molecule has 0 saturated carbocycles. The fraction of sp³-hybridized carbons (Fsp3) is 0.421. The van der Waals surface area contributed by atoms with E-state index in [1.165, 1.54) is 0 Å². The summed E-state index contributed by atoms with van der Waals surface area (Å²) in [4.78, 5) is 20.7. The lowest BCUT2D eigenvalue weighted by Gasteiger charge is -2.12. The molecule has 0 spiro atoms. The molecular weight excluding hydrogens is 348 g/mol. The minimum atomic E-state index is -0.234. The highest BCUT2D eigenvalue weighted by Gasteiger charge is 2.17. The minimum absolute atomic E-state index is 0.0958. The third-order valence-electron chi connectivity index (χ3n) is 4.30. The summed E-state index contributed by atoms with van der Waals surface area (Å²) in [6, 6.07) is 7.23. The maximum absolute atomic E-state index is 12.3. The molecule has 27 heavy (non-hydrogen) atoms. The van der Waals surface area contributed by atoms with E-state index in [1.54, 1.807) is 26.5 Å². The molecule has 1 saturated heterocycles. The van der Waals surface area contributed by atoms with E-state index in [1.807, 2.05) is 18.2 Å². The SMILES string of the molecule is COc1ccc(CNc2nccc(C(=O)NCC3CCCO3)n2)cc1OC. The molecule has 1 aliphatic heterocycles. The van der Waals surface area contributed by atoms with E-state index in [-0.39, 0.29) is 12.0 Å². The quantitative estimate of drug-likeness (QED) is 0.732. The molecular formula is C19H24N4O4. The van der Waals surface area contributed by atoms with Crippen molar-refractivity contribution in [3.8, 4) is 11.5 Å². The number of benzene rings is 1. The van der Waals surface area contributed by atoms with Crippen molar-refractivity contribution in [2.45, 2.75) is 25.5 Å². The lowest BCUT2D eigenvalue weighted by Crippen LogP contribution is -2.32. The first kappa shape index (κ1) is 18.9. The lowest BCUT2D eigenvalue weighted by molar-refractivity contribution is 0.0853. The fourth-order valence-corrected chi connectivity index (χ4v) is 2.84. The van der Waals surface area contributed by atoms with Gasteiger partial charge in [-0.05, 0) is 36.6 Å². The molecule has 1 fully saturated rings. The van der Waals surface area contributed by atoms with Crippen LogP contribution in [-0.2, 0) is 11.3 Å². The summed E-state index contributed by atoms with van der Waals surface area (Å²) >= 11 is 0. The predicted octanol–water partition coefficient (Wildman–Crippen LogP) is 2.01. The molecule has 3 rings (SSSR count). The molecule has 0 aliphatic carbocycles. The molecule has 0 radical (unpaired) electrons. The van der Waals surface area contributed by atoms with Crippen LogP contribution in [0.25, 0.3) is 0 Å². The zero-order chi connectivity index (χ0) is 19.1. The van der Waals surface area contributed by atoms with Crippen LogP contribution in [-0.4, -0.2) is 49.4 Å². The topological polar surface area (TPSA) is 94.6 Å². The highest BCUT2D eigenvalue weighted by molar-refractivity contribution is 5.92. The van der Waals surface area contributed by atoms with Crippen molar-refractivity contribution in [1.82, 2.24) is 15.3 Å². The van der Waals surface area contributed by atoms with E-state index < -0.39 is 0 Å². The average Bonchev–Trinajstić information content (AvgIpc) is 3.24. The number of amides is 1. The van der Waals surface area contributed by atoms with Crippen LogP contribution in [0.4, 0.5) is 5.95 Å². The summed E-state index contributed by atoms with van der Waals surface area (Å²) in [6.45, 7) is 1.75. The van der Waals surface area contributed by atoms with Gasteiger partial charge in [-0.2, -0.15) is 0 Å². The van der Waals surface area contributed by atoms with Gasteiger partial charge in [-0.3, -0.25) is 4.79 Å². The number of methoxy groups -OCH3 is 2. The molecule has 1 aromatic carbocycles. The Labute approximate surface area is 158 Å². The molecule has 8 heteroatoms. The van der Waals surface area contributed by atoms with Crippen LogP contribution in [0.1, 0.15) is 28.9 Å². The Hall–Kier alpha value is -2.87. The summed E-state index contributed by atoms with van der Waals surface area (Å²) in [6.07, 6.45) is 3.67. The van der Waals surface area contributed by atoms with Crippen LogP contribution >= 0.6 is 0 Å². The van der Waals surface area contributed by atoms with Crippen LogP contribution in [0.3, 0.4) is 0 Å². The van der Waals surface area contributed by atoms with Gasteiger partial charge >= 0.3 is 0 Å². The van der Waals surface area contributed by atoms with Crippen LogP contribution in [0.2, 0.25) is 0 Å². The Bertz CT molecular complexity index is 778. The van der Waals surface area contributed by atoms with Crippen molar-refractivity contribution < 1.29 is 19.0 Å². The number of aromatic nitrogens is 2. The molecule has 2 N–H and O–H groups in total. The molecule has 2 heterocycles. The first-order valence-corrected chi connectivity index (χ1v) is 8.87. The van der Waals surface area contributed by atoms with Crippen LogP contribution < -0.4 is 20.1 Å². The van der Waals surface area contributed by atoms with Crippen LogP contribution in [0, 0.1) is 0 Å². The van der Waals surface area contributed by atoms with Gasteiger partial charge in [0.05, 0.1) is 20.3 Å². The second kappa shape index (κ2) is 9.18. The molecule has 1 atom stereocenters. The van der Waals surface area contributed by atoms with Gasteiger partial charge in [-0.15, -0.1) is 0 Å². The zero-order valence-corrected chi connectivity index (χ0v) is 15.5. The number of nitrogens with one attached hydrogen (secondary N) is 2. The molecule has 8 nitrogen and oxygen atoms in total. The summed E-state index contributed by atoms with van der Waals surface area (Å²) in [5, 5.41) is 5.98. The first-order valence-electron chi connectivity index (χ1n) is 8.87.